The third-order valence-corrected chi connectivity index (χ3v) is 5.80. The van der Waals surface area contributed by atoms with Gasteiger partial charge in [0.05, 0.1) is 25.3 Å². The normalized spacial score (nSPS) is 23.2. The fourth-order valence-electron chi connectivity index (χ4n) is 4.15. The number of methoxy groups -OCH3 is 1. The molecule has 1 amide bonds. The smallest absolute Gasteiger partial charge is 0.348 e. The summed E-state index contributed by atoms with van der Waals surface area (Å²) in [5.74, 6) is -3.03. The lowest BCUT2D eigenvalue weighted by Crippen LogP contribution is -2.62. The fourth-order valence-corrected chi connectivity index (χ4v) is 4.15. The van der Waals surface area contributed by atoms with Gasteiger partial charge in [0.15, 0.2) is 5.78 Å². The number of hydrogen-bond donors (Lipinski definition) is 1. The van der Waals surface area contributed by atoms with Crippen molar-refractivity contribution < 1.29 is 33.8 Å². The molecule has 32 heavy (non-hydrogen) atoms. The Morgan fingerprint density at radius 1 is 1.22 bits per heavy atom. The number of carbonyl (C=O) groups excluding carboxylic acids is 4. The van der Waals surface area contributed by atoms with Crippen molar-refractivity contribution in [3.63, 3.8) is 0 Å². The molecule has 1 N–H and O–H groups in total. The minimum absolute atomic E-state index is 0.0724. The van der Waals surface area contributed by atoms with Crippen LogP contribution in [0, 0.1) is 0 Å². The fraction of sp³-hybridized carbons (Fsp3) is 0.391. The van der Waals surface area contributed by atoms with Crippen LogP contribution in [0.3, 0.4) is 0 Å². The van der Waals surface area contributed by atoms with Gasteiger partial charge in [0.2, 0.25) is 5.60 Å². The van der Waals surface area contributed by atoms with E-state index in [0.29, 0.717) is 11.3 Å². The van der Waals surface area contributed by atoms with Gasteiger partial charge in [0.25, 0.3) is 5.91 Å². The SMILES string of the molecule is CCOC(=O)C1=C(C)N(C)C2=C(C(C)=O)C[C@@](O)(C(=O)OC)C(=O)N2[C@@H]1c1ccccc1. The molecule has 2 heterocycles. The zero-order valence-electron chi connectivity index (χ0n) is 18.7. The molecule has 0 fully saturated rings. The van der Waals surface area contributed by atoms with Crippen molar-refractivity contribution >= 4 is 23.6 Å². The minimum Gasteiger partial charge on any atom is -0.466 e. The average Bonchev–Trinajstić information content (AvgIpc) is 2.77. The van der Waals surface area contributed by atoms with Crippen molar-refractivity contribution in [3.8, 4) is 0 Å². The Morgan fingerprint density at radius 3 is 2.38 bits per heavy atom. The summed E-state index contributed by atoms with van der Waals surface area (Å²) in [7, 11) is 2.65. The van der Waals surface area contributed by atoms with E-state index in [9.17, 15) is 24.3 Å². The second-order valence-corrected chi connectivity index (χ2v) is 7.65. The molecule has 9 nitrogen and oxygen atoms in total. The standard InChI is InChI=1S/C23H26N2O7/c1-6-32-20(27)17-13(2)24(4)19-16(14(3)26)12-23(30,22(29)31-5)21(28)25(19)18(17)15-10-8-7-9-11-15/h7-11,18,30H,6,12H2,1-5H3/t18-,23+/m1/s1. The molecule has 1 aromatic carbocycles. The van der Waals surface area contributed by atoms with E-state index in [1.807, 2.05) is 0 Å². The van der Waals surface area contributed by atoms with Gasteiger partial charge in [-0.3, -0.25) is 14.5 Å². The van der Waals surface area contributed by atoms with Crippen LogP contribution in [0.5, 0.6) is 0 Å². The molecule has 0 saturated heterocycles. The number of ether oxygens (including phenoxy) is 2. The number of amides is 1. The van der Waals surface area contributed by atoms with Crippen molar-refractivity contribution in [2.45, 2.75) is 38.8 Å². The molecule has 0 saturated carbocycles. The maximum absolute atomic E-state index is 13.6. The van der Waals surface area contributed by atoms with Gasteiger partial charge in [0, 0.05) is 24.7 Å². The molecule has 0 radical (unpaired) electrons. The molecule has 0 spiro atoms. The zero-order valence-corrected chi connectivity index (χ0v) is 18.7. The van der Waals surface area contributed by atoms with Gasteiger partial charge in [-0.25, -0.2) is 9.59 Å². The lowest BCUT2D eigenvalue weighted by molar-refractivity contribution is -0.176. The predicted molar refractivity (Wildman–Crippen MR) is 112 cm³/mol. The third-order valence-electron chi connectivity index (χ3n) is 5.80. The Labute approximate surface area is 185 Å². The number of hydrogen-bond acceptors (Lipinski definition) is 8. The van der Waals surface area contributed by atoms with Crippen LogP contribution in [0.25, 0.3) is 0 Å². The number of benzene rings is 1. The summed E-state index contributed by atoms with van der Waals surface area (Å²) in [5, 5.41) is 11.1. The third kappa shape index (κ3) is 3.48. The lowest BCUT2D eigenvalue weighted by Gasteiger charge is -2.49. The van der Waals surface area contributed by atoms with E-state index in [2.05, 4.69) is 4.74 Å². The van der Waals surface area contributed by atoms with Crippen molar-refractivity contribution in [1.82, 2.24) is 9.80 Å². The van der Waals surface area contributed by atoms with Crippen LogP contribution >= 0.6 is 0 Å². The molecule has 0 aromatic heterocycles. The second-order valence-electron chi connectivity index (χ2n) is 7.65. The summed E-state index contributed by atoms with van der Waals surface area (Å²) in [6.07, 6.45) is -0.534. The molecule has 1 aromatic rings. The van der Waals surface area contributed by atoms with Gasteiger partial charge in [-0.1, -0.05) is 30.3 Å². The molecule has 0 bridgehead atoms. The maximum Gasteiger partial charge on any atom is 0.348 e. The number of rotatable bonds is 5. The number of nitrogens with zero attached hydrogens (tertiary/aromatic N) is 2. The highest BCUT2D eigenvalue weighted by atomic mass is 16.5. The van der Waals surface area contributed by atoms with Gasteiger partial charge in [-0.2, -0.15) is 0 Å². The molecular formula is C23H26N2O7. The van der Waals surface area contributed by atoms with Crippen molar-refractivity contribution in [2.75, 3.05) is 20.8 Å². The topological polar surface area (TPSA) is 113 Å². The molecule has 0 aliphatic carbocycles. The molecule has 3 rings (SSSR count). The summed E-state index contributed by atoms with van der Waals surface area (Å²) >= 11 is 0. The Bertz CT molecular complexity index is 1040. The first kappa shape index (κ1) is 23.2. The van der Waals surface area contributed by atoms with Gasteiger partial charge in [-0.05, 0) is 26.3 Å². The first-order valence-electron chi connectivity index (χ1n) is 10.1. The van der Waals surface area contributed by atoms with E-state index in [1.54, 1.807) is 51.2 Å². The van der Waals surface area contributed by atoms with Crippen LogP contribution in [0.15, 0.2) is 53.0 Å². The Hall–Kier alpha value is -3.46. The van der Waals surface area contributed by atoms with Crippen LogP contribution in [-0.4, -0.2) is 64.9 Å². The van der Waals surface area contributed by atoms with Crippen LogP contribution in [-0.2, 0) is 28.7 Å². The zero-order chi connectivity index (χ0) is 23.8. The minimum atomic E-state index is -2.61. The Morgan fingerprint density at radius 2 is 1.84 bits per heavy atom. The van der Waals surface area contributed by atoms with Crippen molar-refractivity contribution in [2.24, 2.45) is 0 Å². The van der Waals surface area contributed by atoms with E-state index in [0.717, 1.165) is 12.0 Å². The number of esters is 2. The van der Waals surface area contributed by atoms with Gasteiger partial charge in [-0.15, -0.1) is 0 Å². The van der Waals surface area contributed by atoms with Gasteiger partial charge >= 0.3 is 11.9 Å². The predicted octanol–water partition coefficient (Wildman–Crippen LogP) is 1.45. The summed E-state index contributed by atoms with van der Waals surface area (Å²) in [4.78, 5) is 54.4. The van der Waals surface area contributed by atoms with Gasteiger partial charge in [0.1, 0.15) is 5.82 Å². The monoisotopic (exact) mass is 442 g/mol. The highest BCUT2D eigenvalue weighted by Gasteiger charge is 2.58. The number of ketones is 1. The first-order chi connectivity index (χ1) is 15.1. The van der Waals surface area contributed by atoms with Crippen molar-refractivity contribution in [1.29, 1.82) is 0 Å². The lowest BCUT2D eigenvalue weighted by atomic mass is 9.82. The second kappa shape index (κ2) is 8.58. The number of allylic oxidation sites excluding steroid dienone is 1. The molecule has 2 atom stereocenters. The molecule has 2 aliphatic rings. The number of aliphatic hydroxyl groups is 1. The van der Waals surface area contributed by atoms with Crippen LogP contribution in [0.4, 0.5) is 0 Å². The van der Waals surface area contributed by atoms with E-state index in [-0.39, 0.29) is 23.6 Å². The number of Topliss-reactive ketones (excluding diaryl/α,β-unsaturated/α-hetero) is 1. The number of fused-ring (bicyclic) bond motifs is 1. The molecule has 9 heteroatoms. The van der Waals surface area contributed by atoms with E-state index >= 15 is 0 Å². The molecular weight excluding hydrogens is 416 g/mol. The van der Waals surface area contributed by atoms with Gasteiger partial charge < -0.3 is 19.5 Å². The van der Waals surface area contributed by atoms with Crippen LogP contribution < -0.4 is 0 Å². The maximum atomic E-state index is 13.6. The molecule has 170 valence electrons. The molecule has 2 aliphatic heterocycles. The quantitative estimate of drug-likeness (QED) is 0.539. The highest BCUT2D eigenvalue weighted by Crippen LogP contribution is 2.46. The Balaban J connectivity index is 2.39. The van der Waals surface area contributed by atoms with Crippen LogP contribution in [0.1, 0.15) is 38.8 Å². The summed E-state index contributed by atoms with van der Waals surface area (Å²) in [6.45, 7) is 4.76. The molecule has 0 unspecified atom stereocenters. The van der Waals surface area contributed by atoms with Crippen molar-refractivity contribution in [3.05, 3.63) is 58.6 Å². The summed E-state index contributed by atoms with van der Waals surface area (Å²) in [5.41, 5.74) is -1.35. The number of carbonyl (C=O) groups is 4. The summed E-state index contributed by atoms with van der Waals surface area (Å²) < 4.78 is 9.95. The Kier molecular flexibility index (Phi) is 6.23. The largest absolute Gasteiger partial charge is 0.466 e. The van der Waals surface area contributed by atoms with E-state index in [1.165, 1.54) is 11.8 Å². The van der Waals surface area contributed by atoms with E-state index < -0.39 is 41.7 Å². The van der Waals surface area contributed by atoms with Crippen LogP contribution in [0.2, 0.25) is 0 Å². The van der Waals surface area contributed by atoms with E-state index in [4.69, 9.17) is 4.74 Å². The average molecular weight is 442 g/mol. The highest BCUT2D eigenvalue weighted by molar-refractivity contribution is 6.11. The summed E-state index contributed by atoms with van der Waals surface area (Å²) in [6, 6.07) is 7.66. The first-order valence-corrected chi connectivity index (χ1v) is 10.1.